The molecule has 0 radical (unpaired) electrons. The summed E-state index contributed by atoms with van der Waals surface area (Å²) in [4.78, 5) is 23.5. The molecule has 106 valence electrons. The Labute approximate surface area is 115 Å². The van der Waals surface area contributed by atoms with Crippen molar-refractivity contribution in [2.75, 3.05) is 7.11 Å². The highest BCUT2D eigenvalue weighted by molar-refractivity contribution is 5.82. The summed E-state index contributed by atoms with van der Waals surface area (Å²) in [6, 6.07) is 2.04. The van der Waals surface area contributed by atoms with Crippen LogP contribution in [0.5, 0.6) is 0 Å². The van der Waals surface area contributed by atoms with Crippen molar-refractivity contribution in [2.24, 2.45) is 23.2 Å². The lowest BCUT2D eigenvalue weighted by atomic mass is 9.61. The number of ether oxygens (including phenoxy) is 1. The average Bonchev–Trinajstić information content (AvgIpc) is 2.39. The van der Waals surface area contributed by atoms with Crippen molar-refractivity contribution in [1.82, 2.24) is 0 Å². The molecule has 1 fully saturated rings. The van der Waals surface area contributed by atoms with Gasteiger partial charge in [-0.3, -0.25) is 9.59 Å². The van der Waals surface area contributed by atoms with Gasteiger partial charge in [-0.1, -0.05) is 27.2 Å². The number of hydrogen-bond donors (Lipinski definition) is 0. The number of methoxy groups -OCH3 is 1. The van der Waals surface area contributed by atoms with Gasteiger partial charge >= 0.3 is 5.97 Å². The van der Waals surface area contributed by atoms with Crippen LogP contribution in [0.25, 0.3) is 0 Å². The maximum atomic E-state index is 11.8. The predicted octanol–water partition coefficient (Wildman–Crippen LogP) is 2.72. The SMILES string of the molecule is CCC(C)(C)C1CCC(=O)CC1C(C#N)C(=O)OC. The Morgan fingerprint density at radius 3 is 2.68 bits per heavy atom. The van der Waals surface area contributed by atoms with E-state index in [2.05, 4.69) is 20.8 Å². The van der Waals surface area contributed by atoms with Crippen molar-refractivity contribution < 1.29 is 14.3 Å². The highest BCUT2D eigenvalue weighted by Gasteiger charge is 2.44. The van der Waals surface area contributed by atoms with E-state index in [1.165, 1.54) is 7.11 Å². The van der Waals surface area contributed by atoms with Gasteiger partial charge in [0.05, 0.1) is 13.2 Å². The maximum absolute atomic E-state index is 11.8. The molecule has 1 aliphatic carbocycles. The molecule has 0 N–H and O–H groups in total. The highest BCUT2D eigenvalue weighted by Crippen LogP contribution is 2.46. The zero-order chi connectivity index (χ0) is 14.6. The number of nitriles is 1. The first-order chi connectivity index (χ1) is 8.87. The maximum Gasteiger partial charge on any atom is 0.323 e. The zero-order valence-electron chi connectivity index (χ0n) is 12.2. The molecule has 0 saturated heterocycles. The van der Waals surface area contributed by atoms with Crippen molar-refractivity contribution >= 4 is 11.8 Å². The third-order valence-electron chi connectivity index (χ3n) is 4.65. The number of carbonyl (C=O) groups is 2. The first-order valence-corrected chi connectivity index (χ1v) is 6.86. The van der Waals surface area contributed by atoms with Gasteiger partial charge in [-0.25, -0.2) is 0 Å². The summed E-state index contributed by atoms with van der Waals surface area (Å²) in [5.41, 5.74) is 0.0223. The fraction of sp³-hybridized carbons (Fsp3) is 0.800. The summed E-state index contributed by atoms with van der Waals surface area (Å²) in [5, 5.41) is 9.26. The Bertz CT molecular complexity index is 395. The number of rotatable bonds is 4. The van der Waals surface area contributed by atoms with Crippen LogP contribution in [0.3, 0.4) is 0 Å². The molecule has 1 aliphatic rings. The van der Waals surface area contributed by atoms with Crippen LogP contribution in [0.1, 0.15) is 46.5 Å². The number of esters is 1. The van der Waals surface area contributed by atoms with Crippen molar-refractivity contribution in [3.05, 3.63) is 0 Å². The van der Waals surface area contributed by atoms with Crippen LogP contribution < -0.4 is 0 Å². The largest absolute Gasteiger partial charge is 0.468 e. The van der Waals surface area contributed by atoms with Crippen LogP contribution in [0.15, 0.2) is 0 Å². The van der Waals surface area contributed by atoms with E-state index in [9.17, 15) is 14.9 Å². The Morgan fingerprint density at radius 1 is 1.58 bits per heavy atom. The second-order valence-corrected chi connectivity index (χ2v) is 6.02. The van der Waals surface area contributed by atoms with E-state index >= 15 is 0 Å². The molecule has 0 aromatic carbocycles. The summed E-state index contributed by atoms with van der Waals surface area (Å²) in [7, 11) is 1.29. The van der Waals surface area contributed by atoms with Gasteiger partial charge < -0.3 is 4.74 Å². The van der Waals surface area contributed by atoms with Crippen LogP contribution in [0.4, 0.5) is 0 Å². The van der Waals surface area contributed by atoms with Gasteiger partial charge in [0.1, 0.15) is 11.7 Å². The Hall–Kier alpha value is -1.37. The van der Waals surface area contributed by atoms with Crippen LogP contribution >= 0.6 is 0 Å². The standard InChI is InChI=1S/C15H23NO3/c1-5-15(2,3)13-7-6-10(17)8-11(13)12(9-16)14(18)19-4/h11-13H,5-8H2,1-4H3. The van der Waals surface area contributed by atoms with E-state index in [4.69, 9.17) is 4.74 Å². The van der Waals surface area contributed by atoms with Crippen molar-refractivity contribution in [3.8, 4) is 6.07 Å². The first kappa shape index (κ1) is 15.7. The second kappa shape index (κ2) is 6.18. The monoisotopic (exact) mass is 265 g/mol. The van der Waals surface area contributed by atoms with E-state index in [0.717, 1.165) is 12.8 Å². The van der Waals surface area contributed by atoms with E-state index in [1.807, 2.05) is 6.07 Å². The Kier molecular flexibility index (Phi) is 5.11. The molecule has 1 rings (SSSR count). The van der Waals surface area contributed by atoms with Gasteiger partial charge in [0, 0.05) is 12.8 Å². The number of hydrogen-bond acceptors (Lipinski definition) is 4. The van der Waals surface area contributed by atoms with Gasteiger partial charge in [0.25, 0.3) is 0 Å². The minimum absolute atomic E-state index is 0.0223. The molecule has 0 bridgehead atoms. The molecule has 3 unspecified atom stereocenters. The lowest BCUT2D eigenvalue weighted by Gasteiger charge is -2.42. The summed E-state index contributed by atoms with van der Waals surface area (Å²) in [6.45, 7) is 6.39. The van der Waals surface area contributed by atoms with Gasteiger partial charge in [0.2, 0.25) is 0 Å². The van der Waals surface area contributed by atoms with Crippen molar-refractivity contribution in [3.63, 3.8) is 0 Å². The molecule has 4 nitrogen and oxygen atoms in total. The molecule has 0 heterocycles. The second-order valence-electron chi connectivity index (χ2n) is 6.02. The molecule has 0 aromatic rings. The Morgan fingerprint density at radius 2 is 2.21 bits per heavy atom. The first-order valence-electron chi connectivity index (χ1n) is 6.86. The molecular weight excluding hydrogens is 242 g/mol. The third kappa shape index (κ3) is 3.34. The highest BCUT2D eigenvalue weighted by atomic mass is 16.5. The molecule has 0 amide bonds. The number of Topliss-reactive ketones (excluding diaryl/α,β-unsaturated/α-hetero) is 1. The van der Waals surface area contributed by atoms with Crippen LogP contribution in [-0.4, -0.2) is 18.9 Å². The summed E-state index contributed by atoms with van der Waals surface area (Å²) in [5.74, 6) is -1.20. The minimum atomic E-state index is -0.829. The molecule has 1 saturated carbocycles. The van der Waals surface area contributed by atoms with Crippen molar-refractivity contribution in [1.29, 1.82) is 5.26 Å². The van der Waals surface area contributed by atoms with E-state index in [-0.39, 0.29) is 23.0 Å². The van der Waals surface area contributed by atoms with Crippen LogP contribution in [-0.2, 0) is 14.3 Å². The normalized spacial score (nSPS) is 25.5. The molecule has 4 heteroatoms. The average molecular weight is 265 g/mol. The fourth-order valence-corrected chi connectivity index (χ4v) is 3.07. The number of carbonyl (C=O) groups excluding carboxylic acids is 2. The van der Waals surface area contributed by atoms with Crippen LogP contribution in [0.2, 0.25) is 0 Å². The quantitative estimate of drug-likeness (QED) is 0.733. The lowest BCUT2D eigenvalue weighted by Crippen LogP contribution is -2.41. The van der Waals surface area contributed by atoms with E-state index in [0.29, 0.717) is 12.8 Å². The zero-order valence-corrected chi connectivity index (χ0v) is 12.2. The number of ketones is 1. The molecular formula is C15H23NO3. The van der Waals surface area contributed by atoms with Gasteiger partial charge in [-0.15, -0.1) is 0 Å². The summed E-state index contributed by atoms with van der Waals surface area (Å²) in [6.07, 6.45) is 2.60. The molecule has 19 heavy (non-hydrogen) atoms. The van der Waals surface area contributed by atoms with Gasteiger partial charge in [0.15, 0.2) is 0 Å². The minimum Gasteiger partial charge on any atom is -0.468 e. The lowest BCUT2D eigenvalue weighted by molar-refractivity contribution is -0.147. The van der Waals surface area contributed by atoms with Gasteiger partial charge in [-0.2, -0.15) is 5.26 Å². The van der Waals surface area contributed by atoms with Crippen molar-refractivity contribution in [2.45, 2.75) is 46.5 Å². The van der Waals surface area contributed by atoms with Crippen LogP contribution in [0, 0.1) is 34.5 Å². The van der Waals surface area contributed by atoms with E-state index < -0.39 is 11.9 Å². The summed E-state index contributed by atoms with van der Waals surface area (Å²) >= 11 is 0. The van der Waals surface area contributed by atoms with Gasteiger partial charge in [-0.05, 0) is 23.7 Å². The predicted molar refractivity (Wildman–Crippen MR) is 71.0 cm³/mol. The molecule has 0 spiro atoms. The topological polar surface area (TPSA) is 67.2 Å². The fourth-order valence-electron chi connectivity index (χ4n) is 3.07. The smallest absolute Gasteiger partial charge is 0.323 e. The third-order valence-corrected chi connectivity index (χ3v) is 4.65. The molecule has 3 atom stereocenters. The Balaban J connectivity index is 3.05. The molecule has 0 aliphatic heterocycles. The molecule has 0 aromatic heterocycles. The van der Waals surface area contributed by atoms with E-state index in [1.54, 1.807) is 0 Å². The number of nitrogens with zero attached hydrogens (tertiary/aromatic N) is 1. The summed E-state index contributed by atoms with van der Waals surface area (Å²) < 4.78 is 4.71.